The Balaban J connectivity index is 1.91. The number of aliphatic imine (C=N–C) groups is 1. The molecule has 1 aliphatic heterocycles. The number of amides is 1. The molecule has 0 aromatic heterocycles. The molecule has 2 aromatic rings. The van der Waals surface area contributed by atoms with Gasteiger partial charge in [0.05, 0.1) is 16.9 Å². The van der Waals surface area contributed by atoms with E-state index in [0.29, 0.717) is 16.6 Å². The maximum atomic E-state index is 12.1. The quantitative estimate of drug-likeness (QED) is 0.485. The van der Waals surface area contributed by atoms with Gasteiger partial charge in [-0.05, 0) is 30.0 Å². The molecule has 1 aliphatic rings. The molecule has 132 valence electrons. The zero-order valence-corrected chi connectivity index (χ0v) is 14.3. The molecule has 0 bridgehead atoms. The van der Waals surface area contributed by atoms with Crippen molar-refractivity contribution >= 4 is 40.3 Å². The number of rotatable bonds is 4. The molecule has 0 spiro atoms. The standard InChI is InChI=1S/C17H13N3O5S/c1-25-13-8-3-2-6-11(13)18-17-19-16(22)14(26-17)9-10-5-4-7-12(15(10)21)20(23)24/h2-9,21H,1H3,(H,18,19,22). The lowest BCUT2D eigenvalue weighted by atomic mass is 10.1. The van der Waals surface area contributed by atoms with Gasteiger partial charge in [0, 0.05) is 11.6 Å². The molecule has 0 atom stereocenters. The average Bonchev–Trinajstić information content (AvgIpc) is 2.96. The van der Waals surface area contributed by atoms with Gasteiger partial charge in [0.15, 0.2) is 5.17 Å². The number of aromatic hydroxyl groups is 1. The van der Waals surface area contributed by atoms with Crippen LogP contribution in [-0.2, 0) is 4.79 Å². The van der Waals surface area contributed by atoms with Gasteiger partial charge < -0.3 is 15.2 Å². The van der Waals surface area contributed by atoms with Crippen molar-refractivity contribution in [2.75, 3.05) is 7.11 Å². The van der Waals surface area contributed by atoms with Gasteiger partial charge in [-0.1, -0.05) is 24.3 Å². The maximum Gasteiger partial charge on any atom is 0.311 e. The summed E-state index contributed by atoms with van der Waals surface area (Å²) in [6.07, 6.45) is 1.38. The fourth-order valence-electron chi connectivity index (χ4n) is 2.27. The summed E-state index contributed by atoms with van der Waals surface area (Å²) < 4.78 is 5.22. The molecule has 0 unspecified atom stereocenters. The molecule has 3 rings (SSSR count). The number of para-hydroxylation sites is 3. The Morgan fingerprint density at radius 2 is 2.04 bits per heavy atom. The van der Waals surface area contributed by atoms with E-state index in [0.717, 1.165) is 11.8 Å². The molecule has 2 aromatic carbocycles. The van der Waals surface area contributed by atoms with E-state index in [4.69, 9.17) is 4.74 Å². The molecule has 1 saturated heterocycles. The average molecular weight is 371 g/mol. The van der Waals surface area contributed by atoms with Crippen molar-refractivity contribution in [3.8, 4) is 11.5 Å². The van der Waals surface area contributed by atoms with Crippen LogP contribution >= 0.6 is 11.8 Å². The van der Waals surface area contributed by atoms with E-state index in [1.54, 1.807) is 24.3 Å². The molecule has 1 amide bonds. The summed E-state index contributed by atoms with van der Waals surface area (Å²) in [4.78, 5) is 27.0. The maximum absolute atomic E-state index is 12.1. The minimum atomic E-state index is -0.687. The van der Waals surface area contributed by atoms with Crippen molar-refractivity contribution in [3.63, 3.8) is 0 Å². The van der Waals surface area contributed by atoms with E-state index >= 15 is 0 Å². The van der Waals surface area contributed by atoms with Crippen molar-refractivity contribution < 1.29 is 19.6 Å². The highest BCUT2D eigenvalue weighted by Gasteiger charge is 2.25. The van der Waals surface area contributed by atoms with Crippen LogP contribution in [0.1, 0.15) is 5.56 Å². The number of nitrogens with one attached hydrogen (secondary N) is 1. The van der Waals surface area contributed by atoms with E-state index in [1.807, 2.05) is 0 Å². The number of phenols is 1. The van der Waals surface area contributed by atoms with E-state index in [1.165, 1.54) is 31.4 Å². The smallest absolute Gasteiger partial charge is 0.311 e. The number of nitro groups is 1. The van der Waals surface area contributed by atoms with Gasteiger partial charge in [0.2, 0.25) is 5.75 Å². The van der Waals surface area contributed by atoms with Crippen molar-refractivity contribution in [2.24, 2.45) is 4.99 Å². The van der Waals surface area contributed by atoms with E-state index < -0.39 is 22.3 Å². The summed E-state index contributed by atoms with van der Waals surface area (Å²) in [7, 11) is 1.52. The van der Waals surface area contributed by atoms with Crippen LogP contribution in [0.25, 0.3) is 6.08 Å². The second-order valence-electron chi connectivity index (χ2n) is 5.13. The number of benzene rings is 2. The van der Waals surface area contributed by atoms with Crippen LogP contribution in [0.5, 0.6) is 11.5 Å². The van der Waals surface area contributed by atoms with E-state index in [-0.39, 0.29) is 10.5 Å². The number of nitrogens with zero attached hydrogens (tertiary/aromatic N) is 2. The number of amidine groups is 1. The number of carbonyl (C=O) groups excluding carboxylic acids is 1. The van der Waals surface area contributed by atoms with Gasteiger partial charge in [-0.25, -0.2) is 4.99 Å². The summed E-state index contributed by atoms with van der Waals surface area (Å²) in [5.74, 6) is -0.341. The summed E-state index contributed by atoms with van der Waals surface area (Å²) in [6, 6.07) is 11.2. The summed E-state index contributed by atoms with van der Waals surface area (Å²) >= 11 is 1.06. The van der Waals surface area contributed by atoms with Crippen molar-refractivity contribution in [1.82, 2.24) is 5.32 Å². The topological polar surface area (TPSA) is 114 Å². The lowest BCUT2D eigenvalue weighted by Crippen LogP contribution is -2.19. The van der Waals surface area contributed by atoms with Crippen molar-refractivity contribution in [1.29, 1.82) is 0 Å². The number of methoxy groups -OCH3 is 1. The van der Waals surface area contributed by atoms with Gasteiger partial charge in [0.25, 0.3) is 5.91 Å². The fraction of sp³-hybridized carbons (Fsp3) is 0.0588. The fourth-order valence-corrected chi connectivity index (χ4v) is 3.09. The number of hydrogen-bond donors (Lipinski definition) is 2. The predicted molar refractivity (Wildman–Crippen MR) is 98.6 cm³/mol. The molecule has 1 fully saturated rings. The largest absolute Gasteiger partial charge is 0.502 e. The van der Waals surface area contributed by atoms with E-state index in [9.17, 15) is 20.0 Å². The molecule has 0 aliphatic carbocycles. The molecule has 8 nitrogen and oxygen atoms in total. The van der Waals surface area contributed by atoms with Crippen LogP contribution in [0.15, 0.2) is 52.4 Å². The Bertz CT molecular complexity index is 955. The second kappa shape index (κ2) is 7.28. The Kier molecular flexibility index (Phi) is 4.90. The zero-order valence-electron chi connectivity index (χ0n) is 13.5. The summed E-state index contributed by atoms with van der Waals surface area (Å²) in [5, 5.41) is 23.9. The van der Waals surface area contributed by atoms with Gasteiger partial charge in [-0.15, -0.1) is 0 Å². The van der Waals surface area contributed by atoms with Crippen LogP contribution < -0.4 is 10.1 Å². The minimum absolute atomic E-state index is 0.176. The molecule has 0 radical (unpaired) electrons. The normalized spacial score (nSPS) is 16.7. The van der Waals surface area contributed by atoms with Crippen LogP contribution in [0.4, 0.5) is 11.4 Å². The Morgan fingerprint density at radius 1 is 1.27 bits per heavy atom. The first-order valence-corrected chi connectivity index (χ1v) is 8.20. The lowest BCUT2D eigenvalue weighted by Gasteiger charge is -2.03. The van der Waals surface area contributed by atoms with Crippen LogP contribution in [0.2, 0.25) is 0 Å². The minimum Gasteiger partial charge on any atom is -0.502 e. The first-order valence-electron chi connectivity index (χ1n) is 7.38. The number of carbonyl (C=O) groups is 1. The van der Waals surface area contributed by atoms with Gasteiger partial charge in [-0.3, -0.25) is 14.9 Å². The number of ether oxygens (including phenoxy) is 1. The SMILES string of the molecule is COc1ccccc1N=C1NC(=O)C(=Cc2cccc([N+](=O)[O-])c2O)S1. The van der Waals surface area contributed by atoms with Crippen molar-refractivity contribution in [2.45, 2.75) is 0 Å². The Morgan fingerprint density at radius 3 is 2.77 bits per heavy atom. The lowest BCUT2D eigenvalue weighted by molar-refractivity contribution is -0.385. The Hall–Kier alpha value is -3.33. The highest BCUT2D eigenvalue weighted by molar-refractivity contribution is 8.18. The summed E-state index contributed by atoms with van der Waals surface area (Å²) in [6.45, 7) is 0. The molecule has 2 N–H and O–H groups in total. The van der Waals surface area contributed by atoms with Gasteiger partial charge >= 0.3 is 5.69 Å². The molecule has 1 heterocycles. The number of hydrogen-bond acceptors (Lipinski definition) is 7. The zero-order chi connectivity index (χ0) is 18.7. The highest BCUT2D eigenvalue weighted by atomic mass is 32.2. The third-order valence-electron chi connectivity index (χ3n) is 3.49. The van der Waals surface area contributed by atoms with Crippen LogP contribution in [0.3, 0.4) is 0 Å². The highest BCUT2D eigenvalue weighted by Crippen LogP contribution is 2.35. The first kappa shape index (κ1) is 17.5. The van der Waals surface area contributed by atoms with Gasteiger partial charge in [0.1, 0.15) is 11.4 Å². The number of phenolic OH excluding ortho intramolecular Hbond substituents is 1. The van der Waals surface area contributed by atoms with Crippen LogP contribution in [-0.4, -0.2) is 28.2 Å². The molecule has 26 heavy (non-hydrogen) atoms. The number of nitro benzene ring substituents is 1. The molecule has 0 saturated carbocycles. The number of thioether (sulfide) groups is 1. The molecular weight excluding hydrogens is 358 g/mol. The first-order chi connectivity index (χ1) is 12.5. The van der Waals surface area contributed by atoms with Crippen molar-refractivity contribution in [3.05, 3.63) is 63.0 Å². The third kappa shape index (κ3) is 3.52. The van der Waals surface area contributed by atoms with E-state index in [2.05, 4.69) is 10.3 Å². The molecule has 9 heteroatoms. The third-order valence-corrected chi connectivity index (χ3v) is 4.40. The Labute approximate surface area is 152 Å². The predicted octanol–water partition coefficient (Wildman–Crippen LogP) is 3.20. The van der Waals surface area contributed by atoms with Gasteiger partial charge in [-0.2, -0.15) is 0 Å². The molecular formula is C17H13N3O5S. The second-order valence-corrected chi connectivity index (χ2v) is 6.16. The summed E-state index contributed by atoms with van der Waals surface area (Å²) in [5.41, 5.74) is 0.304. The van der Waals surface area contributed by atoms with Crippen LogP contribution in [0, 0.1) is 10.1 Å². The monoisotopic (exact) mass is 371 g/mol.